The lowest BCUT2D eigenvalue weighted by molar-refractivity contribution is -0.151. The molecule has 9 nitrogen and oxygen atoms in total. The van der Waals surface area contributed by atoms with Gasteiger partial charge < -0.3 is 24.6 Å². The topological polar surface area (TPSA) is 95.5 Å². The monoisotopic (exact) mass is 413 g/mol. The second-order valence-electron chi connectivity index (χ2n) is 8.57. The number of carbonyl (C=O) groups is 2. The van der Waals surface area contributed by atoms with Gasteiger partial charge in [-0.1, -0.05) is 26.7 Å². The van der Waals surface area contributed by atoms with E-state index < -0.39 is 6.17 Å². The van der Waals surface area contributed by atoms with Crippen molar-refractivity contribution < 1.29 is 19.1 Å². The molecule has 2 amide bonds. The van der Waals surface area contributed by atoms with Crippen molar-refractivity contribution >= 4 is 23.3 Å². The minimum absolute atomic E-state index is 0.0221. The highest BCUT2D eigenvalue weighted by Crippen LogP contribution is 2.36. The largest absolute Gasteiger partial charge is 0.454 e. The number of fused-ring (bicyclic) bond motifs is 4. The van der Waals surface area contributed by atoms with E-state index in [1.54, 1.807) is 23.1 Å². The molecule has 1 saturated heterocycles. The van der Waals surface area contributed by atoms with Crippen LogP contribution in [0, 0.1) is 5.92 Å². The van der Waals surface area contributed by atoms with E-state index in [0.29, 0.717) is 17.2 Å². The fourth-order valence-corrected chi connectivity index (χ4v) is 4.97. The summed E-state index contributed by atoms with van der Waals surface area (Å²) in [6.45, 7) is 4.40. The van der Waals surface area contributed by atoms with Crippen molar-refractivity contribution in [1.29, 1.82) is 0 Å². The van der Waals surface area contributed by atoms with Crippen LogP contribution in [-0.2, 0) is 9.59 Å². The standard InChI is InChI=1S/C21H27N5O4/c1-12(2)19-23-24-20-21(28)25(14-5-3-4-6-15(14)26(19)20)10-18(27)22-13-7-8-16-17(9-13)30-11-29-16/h7-9,12,14-15,20,24H,3-6,10-11H2,1-2H3,(H,22,27). The van der Waals surface area contributed by atoms with Crippen LogP contribution in [-0.4, -0.2) is 59.0 Å². The van der Waals surface area contributed by atoms with E-state index in [-0.39, 0.29) is 43.2 Å². The molecule has 5 rings (SSSR count). The molecule has 3 aliphatic heterocycles. The van der Waals surface area contributed by atoms with Gasteiger partial charge >= 0.3 is 0 Å². The number of ether oxygens (including phenoxy) is 2. The SMILES string of the molecule is CC(C)C1=NNC2C(=O)N(CC(=O)Nc3ccc4c(c3)OCO4)C3CCCCC3N12. The number of anilines is 1. The number of piperazine rings is 1. The first kappa shape index (κ1) is 19.0. The molecular formula is C21H27N5O4. The first-order chi connectivity index (χ1) is 14.5. The predicted molar refractivity (Wildman–Crippen MR) is 110 cm³/mol. The average molecular weight is 413 g/mol. The first-order valence-electron chi connectivity index (χ1n) is 10.6. The van der Waals surface area contributed by atoms with Crippen LogP contribution in [0.1, 0.15) is 39.5 Å². The van der Waals surface area contributed by atoms with E-state index in [0.717, 1.165) is 31.5 Å². The number of hydrogen-bond acceptors (Lipinski definition) is 7. The third-order valence-corrected chi connectivity index (χ3v) is 6.30. The molecule has 0 radical (unpaired) electrons. The Labute approximate surface area is 175 Å². The van der Waals surface area contributed by atoms with Crippen molar-refractivity contribution in [2.45, 2.75) is 57.8 Å². The Bertz CT molecular complexity index is 901. The van der Waals surface area contributed by atoms with Gasteiger partial charge in [0.05, 0.1) is 12.1 Å². The molecule has 1 saturated carbocycles. The highest BCUT2D eigenvalue weighted by Gasteiger charge is 2.51. The molecule has 3 atom stereocenters. The summed E-state index contributed by atoms with van der Waals surface area (Å²) in [7, 11) is 0. The number of benzene rings is 1. The smallest absolute Gasteiger partial charge is 0.268 e. The van der Waals surface area contributed by atoms with Crippen molar-refractivity contribution in [3.05, 3.63) is 18.2 Å². The normalized spacial score (nSPS) is 26.8. The van der Waals surface area contributed by atoms with Crippen molar-refractivity contribution in [2.75, 3.05) is 18.7 Å². The average Bonchev–Trinajstić information content (AvgIpc) is 3.38. The van der Waals surface area contributed by atoms with Crippen LogP contribution in [0.4, 0.5) is 5.69 Å². The van der Waals surface area contributed by atoms with Crippen molar-refractivity contribution in [3.63, 3.8) is 0 Å². The predicted octanol–water partition coefficient (Wildman–Crippen LogP) is 1.71. The number of hydrazone groups is 1. The van der Waals surface area contributed by atoms with Gasteiger partial charge in [0.25, 0.3) is 5.91 Å². The summed E-state index contributed by atoms with van der Waals surface area (Å²) in [5, 5.41) is 7.35. The molecule has 1 aromatic rings. The molecule has 1 aromatic carbocycles. The zero-order chi connectivity index (χ0) is 20.8. The second-order valence-corrected chi connectivity index (χ2v) is 8.57. The van der Waals surface area contributed by atoms with Crippen molar-refractivity contribution in [2.24, 2.45) is 11.0 Å². The molecule has 1 aliphatic carbocycles. The molecular weight excluding hydrogens is 386 g/mol. The van der Waals surface area contributed by atoms with E-state index in [4.69, 9.17) is 9.47 Å². The lowest BCUT2D eigenvalue weighted by atomic mass is 9.85. The highest BCUT2D eigenvalue weighted by molar-refractivity contribution is 5.98. The number of hydrogen-bond donors (Lipinski definition) is 2. The van der Waals surface area contributed by atoms with E-state index in [2.05, 4.69) is 34.6 Å². The summed E-state index contributed by atoms with van der Waals surface area (Å²) in [6, 6.07) is 5.50. The Balaban J connectivity index is 1.33. The molecule has 0 aromatic heterocycles. The van der Waals surface area contributed by atoms with Gasteiger partial charge in [-0.15, -0.1) is 0 Å². The number of amidine groups is 1. The van der Waals surface area contributed by atoms with Gasteiger partial charge in [-0.05, 0) is 25.0 Å². The van der Waals surface area contributed by atoms with Crippen LogP contribution >= 0.6 is 0 Å². The molecule has 2 fully saturated rings. The number of carbonyl (C=O) groups excluding carboxylic acids is 2. The third kappa shape index (κ3) is 3.12. The number of rotatable bonds is 4. The Morgan fingerprint density at radius 3 is 2.80 bits per heavy atom. The molecule has 0 spiro atoms. The van der Waals surface area contributed by atoms with E-state index in [1.807, 2.05) is 0 Å². The summed E-state index contributed by atoms with van der Waals surface area (Å²) in [5.74, 6) is 2.14. The minimum atomic E-state index is -0.514. The quantitative estimate of drug-likeness (QED) is 0.780. The van der Waals surface area contributed by atoms with Crippen LogP contribution in [0.5, 0.6) is 11.5 Å². The van der Waals surface area contributed by atoms with Gasteiger partial charge in [0.15, 0.2) is 17.7 Å². The van der Waals surface area contributed by atoms with Crippen molar-refractivity contribution in [1.82, 2.24) is 15.2 Å². The Hall–Kier alpha value is -2.97. The lowest BCUT2D eigenvalue weighted by Crippen LogP contribution is -2.70. The maximum Gasteiger partial charge on any atom is 0.268 e. The van der Waals surface area contributed by atoms with Gasteiger partial charge in [-0.25, -0.2) is 0 Å². The molecule has 30 heavy (non-hydrogen) atoms. The number of nitrogens with one attached hydrogen (secondary N) is 2. The van der Waals surface area contributed by atoms with Gasteiger partial charge in [0.2, 0.25) is 12.7 Å². The van der Waals surface area contributed by atoms with Crippen LogP contribution < -0.4 is 20.2 Å². The van der Waals surface area contributed by atoms with Crippen molar-refractivity contribution in [3.8, 4) is 11.5 Å². The van der Waals surface area contributed by atoms with E-state index in [9.17, 15) is 9.59 Å². The van der Waals surface area contributed by atoms with Crippen LogP contribution in [0.15, 0.2) is 23.3 Å². The van der Waals surface area contributed by atoms with E-state index in [1.165, 1.54) is 0 Å². The Morgan fingerprint density at radius 1 is 1.23 bits per heavy atom. The first-order valence-corrected chi connectivity index (χ1v) is 10.6. The molecule has 160 valence electrons. The Morgan fingerprint density at radius 2 is 2.00 bits per heavy atom. The molecule has 3 heterocycles. The minimum Gasteiger partial charge on any atom is -0.454 e. The number of amides is 2. The zero-order valence-corrected chi connectivity index (χ0v) is 17.3. The summed E-state index contributed by atoms with van der Waals surface area (Å²) < 4.78 is 10.7. The molecule has 3 unspecified atom stereocenters. The summed E-state index contributed by atoms with van der Waals surface area (Å²) >= 11 is 0. The van der Waals surface area contributed by atoms with Gasteiger partial charge in [0, 0.05) is 17.7 Å². The second kappa shape index (κ2) is 7.37. The summed E-state index contributed by atoms with van der Waals surface area (Å²) in [4.78, 5) is 30.0. The van der Waals surface area contributed by atoms with Crippen LogP contribution in [0.2, 0.25) is 0 Å². The van der Waals surface area contributed by atoms with E-state index >= 15 is 0 Å². The number of nitrogens with zero attached hydrogens (tertiary/aromatic N) is 3. The fraction of sp³-hybridized carbons (Fsp3) is 0.571. The molecule has 9 heteroatoms. The molecule has 0 bridgehead atoms. The maximum absolute atomic E-state index is 13.3. The third-order valence-electron chi connectivity index (χ3n) is 6.30. The maximum atomic E-state index is 13.3. The highest BCUT2D eigenvalue weighted by atomic mass is 16.7. The molecule has 2 N–H and O–H groups in total. The van der Waals surface area contributed by atoms with Crippen LogP contribution in [0.25, 0.3) is 0 Å². The summed E-state index contributed by atoms with van der Waals surface area (Å²) in [5.41, 5.74) is 3.64. The van der Waals surface area contributed by atoms with Gasteiger partial charge in [0.1, 0.15) is 12.4 Å². The fourth-order valence-electron chi connectivity index (χ4n) is 4.97. The van der Waals surface area contributed by atoms with Gasteiger partial charge in [-0.3, -0.25) is 15.0 Å². The zero-order valence-electron chi connectivity index (χ0n) is 17.3. The Kier molecular flexibility index (Phi) is 4.67. The molecule has 4 aliphatic rings. The summed E-state index contributed by atoms with van der Waals surface area (Å²) in [6.07, 6.45) is 3.58. The van der Waals surface area contributed by atoms with Crippen LogP contribution in [0.3, 0.4) is 0 Å². The lowest BCUT2D eigenvalue weighted by Gasteiger charge is -2.51. The van der Waals surface area contributed by atoms with Gasteiger partial charge in [-0.2, -0.15) is 5.10 Å².